The van der Waals surface area contributed by atoms with Crippen LogP contribution in [0.25, 0.3) is 0 Å². The number of H-pyrrole nitrogens is 1. The lowest BCUT2D eigenvalue weighted by Crippen LogP contribution is -2.31. The molecular formula is C12H15ClN4O2. The van der Waals surface area contributed by atoms with Crippen molar-refractivity contribution in [3.63, 3.8) is 0 Å². The molecule has 0 aliphatic rings. The Labute approximate surface area is 114 Å². The second-order valence-electron chi connectivity index (χ2n) is 4.36. The van der Waals surface area contributed by atoms with Crippen LogP contribution in [0.4, 0.5) is 0 Å². The average molecular weight is 283 g/mol. The molecule has 0 aliphatic heterocycles. The number of halogens is 1. The van der Waals surface area contributed by atoms with E-state index in [-0.39, 0.29) is 12.1 Å². The maximum Gasteiger partial charge on any atom is 0.328 e. The molecule has 0 fully saturated rings. The van der Waals surface area contributed by atoms with Crippen molar-refractivity contribution in [3.05, 3.63) is 49.0 Å². The van der Waals surface area contributed by atoms with Crippen molar-refractivity contribution in [2.45, 2.75) is 33.9 Å². The summed E-state index contributed by atoms with van der Waals surface area (Å²) in [6.45, 7) is 6.37. The van der Waals surface area contributed by atoms with E-state index in [0.29, 0.717) is 17.1 Å². The summed E-state index contributed by atoms with van der Waals surface area (Å²) in [5, 5.41) is 4.85. The second-order valence-corrected chi connectivity index (χ2v) is 4.74. The van der Waals surface area contributed by atoms with Crippen LogP contribution >= 0.6 is 11.6 Å². The zero-order valence-electron chi connectivity index (χ0n) is 11.0. The van der Waals surface area contributed by atoms with E-state index in [4.69, 9.17) is 11.6 Å². The average Bonchev–Trinajstić information content (AvgIpc) is 2.63. The summed E-state index contributed by atoms with van der Waals surface area (Å²) in [7, 11) is 0. The van der Waals surface area contributed by atoms with Crippen LogP contribution in [0.3, 0.4) is 0 Å². The van der Waals surface area contributed by atoms with Crippen molar-refractivity contribution in [2.75, 3.05) is 0 Å². The lowest BCUT2D eigenvalue weighted by molar-refractivity contribution is 0.585. The number of hydrogen-bond acceptors (Lipinski definition) is 3. The van der Waals surface area contributed by atoms with E-state index in [1.165, 1.54) is 10.8 Å². The number of rotatable bonds is 3. The Kier molecular flexibility index (Phi) is 3.61. The van der Waals surface area contributed by atoms with Gasteiger partial charge in [-0.2, -0.15) is 5.10 Å². The summed E-state index contributed by atoms with van der Waals surface area (Å²) in [6.07, 6.45) is 1.53. The molecule has 102 valence electrons. The molecule has 2 aromatic heterocycles. The number of nitrogens with one attached hydrogen (secondary N) is 1. The first-order valence-electron chi connectivity index (χ1n) is 5.96. The normalized spacial score (nSPS) is 10.9. The minimum atomic E-state index is -0.451. The molecule has 1 N–H and O–H groups in total. The van der Waals surface area contributed by atoms with Crippen molar-refractivity contribution in [2.24, 2.45) is 0 Å². The molecule has 2 heterocycles. The van der Waals surface area contributed by atoms with E-state index in [1.807, 2.05) is 13.8 Å². The predicted octanol–water partition coefficient (Wildman–Crippen LogP) is 1.07. The van der Waals surface area contributed by atoms with E-state index >= 15 is 0 Å². The number of aromatic nitrogens is 4. The highest BCUT2D eigenvalue weighted by molar-refractivity contribution is 6.31. The molecule has 0 amide bonds. The van der Waals surface area contributed by atoms with Crippen LogP contribution in [0.15, 0.2) is 15.8 Å². The summed E-state index contributed by atoms with van der Waals surface area (Å²) in [5.74, 6) is 0. The lowest BCUT2D eigenvalue weighted by atomic mass is 10.3. The first-order chi connectivity index (χ1) is 8.93. The molecule has 0 unspecified atom stereocenters. The number of hydrogen-bond donors (Lipinski definition) is 1. The highest BCUT2D eigenvalue weighted by atomic mass is 35.5. The van der Waals surface area contributed by atoms with Crippen molar-refractivity contribution in [3.8, 4) is 0 Å². The zero-order chi connectivity index (χ0) is 14.2. The Morgan fingerprint density at radius 1 is 1.37 bits per heavy atom. The van der Waals surface area contributed by atoms with Gasteiger partial charge in [0.2, 0.25) is 0 Å². The monoisotopic (exact) mass is 282 g/mol. The highest BCUT2D eigenvalue weighted by Crippen LogP contribution is 2.20. The van der Waals surface area contributed by atoms with Gasteiger partial charge in [-0.25, -0.2) is 4.79 Å². The van der Waals surface area contributed by atoms with Gasteiger partial charge in [0.25, 0.3) is 5.56 Å². The number of nitrogens with zero attached hydrogens (tertiary/aromatic N) is 3. The lowest BCUT2D eigenvalue weighted by Gasteiger charge is -2.08. The molecule has 0 bridgehead atoms. The van der Waals surface area contributed by atoms with Crippen molar-refractivity contribution in [1.29, 1.82) is 0 Å². The molecule has 19 heavy (non-hydrogen) atoms. The fourth-order valence-corrected chi connectivity index (χ4v) is 2.11. The Balaban J connectivity index is 2.50. The third-order valence-electron chi connectivity index (χ3n) is 2.96. The van der Waals surface area contributed by atoms with E-state index in [0.717, 1.165) is 11.4 Å². The van der Waals surface area contributed by atoms with E-state index in [2.05, 4.69) is 10.1 Å². The van der Waals surface area contributed by atoms with Gasteiger partial charge in [0.05, 0.1) is 23.0 Å². The maximum absolute atomic E-state index is 11.7. The minimum absolute atomic E-state index is 0.282. The second kappa shape index (κ2) is 5.05. The fraction of sp³-hybridized carbons (Fsp3) is 0.417. The van der Waals surface area contributed by atoms with Gasteiger partial charge >= 0.3 is 5.69 Å². The Hall–Kier alpha value is -1.82. The van der Waals surface area contributed by atoms with Crippen molar-refractivity contribution >= 4 is 11.6 Å². The van der Waals surface area contributed by atoms with Crippen LogP contribution in [0, 0.1) is 13.8 Å². The maximum atomic E-state index is 11.7. The molecule has 2 rings (SSSR count). The zero-order valence-corrected chi connectivity index (χ0v) is 11.8. The van der Waals surface area contributed by atoms with Gasteiger partial charge in [-0.1, -0.05) is 11.6 Å². The van der Waals surface area contributed by atoms with Gasteiger partial charge in [-0.15, -0.1) is 0 Å². The first kappa shape index (κ1) is 13.6. The highest BCUT2D eigenvalue weighted by Gasteiger charge is 2.13. The van der Waals surface area contributed by atoms with Gasteiger partial charge in [0.1, 0.15) is 0 Å². The third-order valence-corrected chi connectivity index (χ3v) is 3.45. The molecule has 0 saturated carbocycles. The molecular weight excluding hydrogens is 268 g/mol. The third kappa shape index (κ3) is 2.49. The van der Waals surface area contributed by atoms with Crippen LogP contribution in [-0.2, 0) is 13.1 Å². The smallest absolute Gasteiger partial charge is 0.294 e. The molecule has 0 aliphatic carbocycles. The van der Waals surface area contributed by atoms with Gasteiger partial charge in [0.15, 0.2) is 0 Å². The van der Waals surface area contributed by atoms with Crippen molar-refractivity contribution < 1.29 is 0 Å². The molecule has 2 aromatic rings. The van der Waals surface area contributed by atoms with Crippen molar-refractivity contribution in [1.82, 2.24) is 19.3 Å². The van der Waals surface area contributed by atoms with Crippen LogP contribution in [0.5, 0.6) is 0 Å². The Morgan fingerprint density at radius 3 is 2.68 bits per heavy atom. The first-order valence-corrected chi connectivity index (χ1v) is 6.34. The van der Waals surface area contributed by atoms with Gasteiger partial charge in [-0.3, -0.25) is 19.0 Å². The summed E-state index contributed by atoms with van der Waals surface area (Å²) < 4.78 is 3.18. The summed E-state index contributed by atoms with van der Waals surface area (Å²) in [5.41, 5.74) is 1.15. The fourth-order valence-electron chi connectivity index (χ4n) is 1.92. The molecule has 7 heteroatoms. The SMILES string of the molecule is CCn1nc(C)c(Cl)c1Cn1cc(C)c(=O)[nH]c1=O. The topological polar surface area (TPSA) is 72.7 Å². The quantitative estimate of drug-likeness (QED) is 0.915. The Morgan fingerprint density at radius 2 is 2.05 bits per heavy atom. The minimum Gasteiger partial charge on any atom is -0.294 e. The number of aryl methyl sites for hydroxylation is 3. The van der Waals surface area contributed by atoms with Crippen LogP contribution in [0.2, 0.25) is 5.02 Å². The molecule has 0 saturated heterocycles. The molecule has 6 nitrogen and oxygen atoms in total. The van der Waals surface area contributed by atoms with Crippen LogP contribution < -0.4 is 11.2 Å². The van der Waals surface area contributed by atoms with Gasteiger partial charge in [-0.05, 0) is 20.8 Å². The molecule has 0 atom stereocenters. The standard InChI is InChI=1S/C12H15ClN4O2/c1-4-17-9(10(13)8(3)15-17)6-16-5-7(2)11(18)14-12(16)19/h5H,4,6H2,1-3H3,(H,14,18,19). The van der Waals surface area contributed by atoms with Gasteiger partial charge < -0.3 is 0 Å². The van der Waals surface area contributed by atoms with Crippen LogP contribution in [0.1, 0.15) is 23.9 Å². The summed E-state index contributed by atoms with van der Waals surface area (Å²) in [4.78, 5) is 25.3. The van der Waals surface area contributed by atoms with E-state index in [1.54, 1.807) is 11.6 Å². The predicted molar refractivity (Wildman–Crippen MR) is 72.8 cm³/mol. The Bertz CT molecular complexity index is 726. The molecule has 0 aromatic carbocycles. The molecule has 0 radical (unpaired) electrons. The summed E-state index contributed by atoms with van der Waals surface area (Å²) in [6, 6.07) is 0. The van der Waals surface area contributed by atoms with E-state index in [9.17, 15) is 9.59 Å². The van der Waals surface area contributed by atoms with Crippen LogP contribution in [-0.4, -0.2) is 19.3 Å². The van der Waals surface area contributed by atoms with E-state index < -0.39 is 5.69 Å². The van der Waals surface area contributed by atoms with Gasteiger partial charge in [0, 0.05) is 18.3 Å². The summed E-state index contributed by atoms with van der Waals surface area (Å²) >= 11 is 6.20. The number of aromatic amines is 1. The molecule has 0 spiro atoms. The largest absolute Gasteiger partial charge is 0.328 e.